The lowest BCUT2D eigenvalue weighted by Gasteiger charge is -2.31. The van der Waals surface area contributed by atoms with Crippen molar-refractivity contribution in [3.8, 4) is 0 Å². The molecule has 0 aliphatic heterocycles. The zero-order chi connectivity index (χ0) is 15.3. The van der Waals surface area contributed by atoms with Crippen molar-refractivity contribution in [1.82, 2.24) is 0 Å². The second kappa shape index (κ2) is 7.37. The zero-order valence-corrected chi connectivity index (χ0v) is 13.2. The number of carbonyl (C=O) groups is 1. The maximum absolute atomic E-state index is 13.1. The Labute approximate surface area is 130 Å². The van der Waals surface area contributed by atoms with Gasteiger partial charge in [-0.25, -0.2) is 4.39 Å². The zero-order valence-electron chi connectivity index (χ0n) is 12.5. The third-order valence-corrected chi connectivity index (χ3v) is 4.56. The molecule has 2 rings (SSSR count). The van der Waals surface area contributed by atoms with Crippen LogP contribution in [0.2, 0.25) is 5.02 Å². The SMILES string of the molecule is CCOC1(C(=O)Cc2ccc(F)cc2Cl)CCCCCC1. The van der Waals surface area contributed by atoms with E-state index >= 15 is 0 Å². The van der Waals surface area contributed by atoms with Crippen LogP contribution in [-0.2, 0) is 16.0 Å². The Balaban J connectivity index is 2.18. The summed E-state index contributed by atoms with van der Waals surface area (Å²) in [6.07, 6.45) is 6.10. The van der Waals surface area contributed by atoms with Crippen molar-refractivity contribution >= 4 is 17.4 Å². The van der Waals surface area contributed by atoms with Gasteiger partial charge in [0.05, 0.1) is 0 Å². The van der Waals surface area contributed by atoms with E-state index in [4.69, 9.17) is 16.3 Å². The predicted octanol–water partition coefficient (Wildman–Crippen LogP) is 4.72. The first-order valence-electron chi connectivity index (χ1n) is 7.68. The average Bonchev–Trinajstić information content (AvgIpc) is 2.69. The Morgan fingerprint density at radius 2 is 1.95 bits per heavy atom. The Hall–Kier alpha value is -0.930. The minimum Gasteiger partial charge on any atom is -0.367 e. The van der Waals surface area contributed by atoms with Gasteiger partial charge >= 0.3 is 0 Å². The minimum atomic E-state index is -0.678. The molecule has 1 aliphatic carbocycles. The smallest absolute Gasteiger partial charge is 0.169 e. The predicted molar refractivity (Wildman–Crippen MR) is 82.2 cm³/mol. The van der Waals surface area contributed by atoms with Crippen LogP contribution in [0.1, 0.15) is 51.0 Å². The summed E-state index contributed by atoms with van der Waals surface area (Å²) in [5.41, 5.74) is -0.00503. The molecule has 0 spiro atoms. The van der Waals surface area contributed by atoms with Gasteiger partial charge in [0, 0.05) is 18.1 Å². The highest BCUT2D eigenvalue weighted by Crippen LogP contribution is 2.33. The molecule has 2 nitrogen and oxygen atoms in total. The lowest BCUT2D eigenvalue weighted by Crippen LogP contribution is -2.42. The molecule has 0 atom stereocenters. The molecule has 0 bridgehead atoms. The number of ketones is 1. The van der Waals surface area contributed by atoms with Gasteiger partial charge in [-0.05, 0) is 37.5 Å². The van der Waals surface area contributed by atoms with Crippen molar-refractivity contribution < 1.29 is 13.9 Å². The molecule has 116 valence electrons. The summed E-state index contributed by atoms with van der Waals surface area (Å²) in [4.78, 5) is 12.8. The summed E-state index contributed by atoms with van der Waals surface area (Å²) < 4.78 is 19.0. The molecule has 1 aliphatic rings. The molecule has 0 N–H and O–H groups in total. The number of hydrogen-bond acceptors (Lipinski definition) is 2. The fourth-order valence-corrected chi connectivity index (χ4v) is 3.31. The van der Waals surface area contributed by atoms with Crippen LogP contribution in [0.25, 0.3) is 0 Å². The van der Waals surface area contributed by atoms with Crippen LogP contribution in [0, 0.1) is 5.82 Å². The van der Waals surface area contributed by atoms with Crippen molar-refractivity contribution in [3.63, 3.8) is 0 Å². The third kappa shape index (κ3) is 4.04. The van der Waals surface area contributed by atoms with E-state index in [-0.39, 0.29) is 18.0 Å². The molecule has 0 saturated heterocycles. The van der Waals surface area contributed by atoms with Gasteiger partial charge in [0.15, 0.2) is 5.78 Å². The van der Waals surface area contributed by atoms with Gasteiger partial charge in [0.2, 0.25) is 0 Å². The van der Waals surface area contributed by atoms with E-state index in [1.807, 2.05) is 6.92 Å². The quantitative estimate of drug-likeness (QED) is 0.735. The van der Waals surface area contributed by atoms with E-state index in [1.54, 1.807) is 6.07 Å². The summed E-state index contributed by atoms with van der Waals surface area (Å²) in [6.45, 7) is 2.45. The lowest BCUT2D eigenvalue weighted by molar-refractivity contribution is -0.145. The van der Waals surface area contributed by atoms with E-state index in [0.29, 0.717) is 17.2 Å². The lowest BCUT2D eigenvalue weighted by atomic mass is 9.86. The van der Waals surface area contributed by atoms with Gasteiger partial charge in [-0.2, -0.15) is 0 Å². The Morgan fingerprint density at radius 1 is 1.29 bits per heavy atom. The van der Waals surface area contributed by atoms with Crippen molar-refractivity contribution in [3.05, 3.63) is 34.6 Å². The number of Topliss-reactive ketones (excluding diaryl/α,β-unsaturated/α-hetero) is 1. The summed E-state index contributed by atoms with van der Waals surface area (Å²) in [5.74, 6) is -0.315. The largest absolute Gasteiger partial charge is 0.367 e. The molecule has 1 fully saturated rings. The maximum Gasteiger partial charge on any atom is 0.169 e. The molecule has 0 unspecified atom stereocenters. The number of halogens is 2. The van der Waals surface area contributed by atoms with E-state index < -0.39 is 5.60 Å². The monoisotopic (exact) mass is 312 g/mol. The molecule has 1 aromatic rings. The van der Waals surface area contributed by atoms with Crippen molar-refractivity contribution in [1.29, 1.82) is 0 Å². The Kier molecular flexibility index (Phi) is 5.77. The van der Waals surface area contributed by atoms with Gasteiger partial charge in [0.1, 0.15) is 11.4 Å². The standard InChI is InChI=1S/C17H22ClFO2/c1-2-21-17(9-5-3-4-6-10-17)16(20)11-13-7-8-14(19)12-15(13)18/h7-8,12H,2-6,9-11H2,1H3. The van der Waals surface area contributed by atoms with E-state index in [2.05, 4.69) is 0 Å². The third-order valence-electron chi connectivity index (χ3n) is 4.21. The average molecular weight is 313 g/mol. The molecule has 0 amide bonds. The fourth-order valence-electron chi connectivity index (χ4n) is 3.08. The highest BCUT2D eigenvalue weighted by molar-refractivity contribution is 6.31. The number of hydrogen-bond donors (Lipinski definition) is 0. The van der Waals surface area contributed by atoms with Gasteiger partial charge in [-0.3, -0.25) is 4.79 Å². The van der Waals surface area contributed by atoms with Gasteiger partial charge in [-0.15, -0.1) is 0 Å². The topological polar surface area (TPSA) is 26.3 Å². The highest BCUT2D eigenvalue weighted by atomic mass is 35.5. The summed E-state index contributed by atoms with van der Waals surface area (Å²) in [6, 6.07) is 4.19. The number of benzene rings is 1. The number of carbonyl (C=O) groups excluding carboxylic acids is 1. The molecule has 0 heterocycles. The Morgan fingerprint density at radius 3 is 2.52 bits per heavy atom. The van der Waals surface area contributed by atoms with Crippen molar-refractivity contribution in [2.75, 3.05) is 6.61 Å². The van der Waals surface area contributed by atoms with Crippen LogP contribution < -0.4 is 0 Å². The van der Waals surface area contributed by atoms with Crippen LogP contribution in [0.4, 0.5) is 4.39 Å². The first-order valence-corrected chi connectivity index (χ1v) is 8.06. The van der Waals surface area contributed by atoms with Gasteiger partial charge < -0.3 is 4.74 Å². The van der Waals surface area contributed by atoms with Crippen molar-refractivity contribution in [2.24, 2.45) is 0 Å². The summed E-state index contributed by atoms with van der Waals surface area (Å²) >= 11 is 6.03. The second-order valence-electron chi connectivity index (χ2n) is 5.68. The van der Waals surface area contributed by atoms with Gasteiger partial charge in [-0.1, -0.05) is 43.4 Å². The molecule has 4 heteroatoms. The first kappa shape index (κ1) is 16.4. The second-order valence-corrected chi connectivity index (χ2v) is 6.08. The van der Waals surface area contributed by atoms with E-state index in [0.717, 1.165) is 38.5 Å². The molecular formula is C17H22ClFO2. The van der Waals surface area contributed by atoms with Crippen LogP contribution in [0.15, 0.2) is 18.2 Å². The molecular weight excluding hydrogens is 291 g/mol. The molecule has 1 aromatic carbocycles. The summed E-state index contributed by atoms with van der Waals surface area (Å²) in [7, 11) is 0. The number of ether oxygens (including phenoxy) is 1. The fraction of sp³-hybridized carbons (Fsp3) is 0.588. The summed E-state index contributed by atoms with van der Waals surface area (Å²) in [5, 5.41) is 0.309. The maximum atomic E-state index is 13.1. The molecule has 0 radical (unpaired) electrons. The molecule has 1 saturated carbocycles. The van der Waals surface area contributed by atoms with Gasteiger partial charge in [0.25, 0.3) is 0 Å². The molecule has 0 aromatic heterocycles. The van der Waals surface area contributed by atoms with Crippen LogP contribution in [0.3, 0.4) is 0 Å². The van der Waals surface area contributed by atoms with E-state index in [9.17, 15) is 9.18 Å². The van der Waals surface area contributed by atoms with Crippen LogP contribution in [0.5, 0.6) is 0 Å². The van der Waals surface area contributed by atoms with Crippen LogP contribution >= 0.6 is 11.6 Å². The minimum absolute atomic E-state index is 0.0692. The van der Waals surface area contributed by atoms with Crippen molar-refractivity contribution in [2.45, 2.75) is 57.5 Å². The first-order chi connectivity index (χ1) is 10.1. The van der Waals surface area contributed by atoms with Crippen LogP contribution in [-0.4, -0.2) is 18.0 Å². The Bertz CT molecular complexity index is 494. The number of rotatable bonds is 5. The van der Waals surface area contributed by atoms with E-state index in [1.165, 1.54) is 12.1 Å². The highest BCUT2D eigenvalue weighted by Gasteiger charge is 2.38. The molecule has 21 heavy (non-hydrogen) atoms. The normalized spacial score (nSPS) is 18.2.